The molecule has 5 heteroatoms. The van der Waals surface area contributed by atoms with Crippen molar-refractivity contribution in [3.8, 4) is 0 Å². The fourth-order valence-corrected chi connectivity index (χ4v) is 4.30. The zero-order valence-corrected chi connectivity index (χ0v) is 13.6. The molecule has 118 valence electrons. The van der Waals surface area contributed by atoms with Gasteiger partial charge in [0.25, 0.3) is 0 Å². The Hall–Kier alpha value is -1.49. The Bertz CT molecular complexity index is 576. The molecule has 0 saturated heterocycles. The normalized spacial score (nSPS) is 27.7. The van der Waals surface area contributed by atoms with Gasteiger partial charge in [0.2, 0.25) is 11.8 Å². The van der Waals surface area contributed by atoms with Crippen LogP contribution in [0, 0.1) is 5.92 Å². The van der Waals surface area contributed by atoms with Crippen molar-refractivity contribution in [3.63, 3.8) is 0 Å². The van der Waals surface area contributed by atoms with Crippen LogP contribution < -0.4 is 10.6 Å². The number of rotatable bonds is 3. The quantitative estimate of drug-likeness (QED) is 0.900. The van der Waals surface area contributed by atoms with Crippen LogP contribution in [-0.4, -0.2) is 23.1 Å². The summed E-state index contributed by atoms with van der Waals surface area (Å²) in [6.07, 6.45) is 4.91. The van der Waals surface area contributed by atoms with Gasteiger partial charge in [0, 0.05) is 17.4 Å². The third kappa shape index (κ3) is 3.46. The first-order valence-electron chi connectivity index (χ1n) is 7.99. The Balaban J connectivity index is 1.59. The lowest BCUT2D eigenvalue weighted by Crippen LogP contribution is -2.43. The molecule has 22 heavy (non-hydrogen) atoms. The van der Waals surface area contributed by atoms with Crippen LogP contribution in [0.25, 0.3) is 0 Å². The fourth-order valence-electron chi connectivity index (χ4n) is 3.19. The van der Waals surface area contributed by atoms with Crippen LogP contribution in [0.2, 0.25) is 0 Å². The van der Waals surface area contributed by atoms with Crippen molar-refractivity contribution >= 4 is 29.3 Å². The van der Waals surface area contributed by atoms with Gasteiger partial charge in [-0.15, -0.1) is 11.8 Å². The SMILES string of the molecule is C[C@@H]1CCCC[C@@H]1NC(=O)C[C@H]1Sc2ccccc2NC1=O. The summed E-state index contributed by atoms with van der Waals surface area (Å²) in [5, 5.41) is 5.68. The summed E-state index contributed by atoms with van der Waals surface area (Å²) >= 11 is 1.48. The monoisotopic (exact) mass is 318 g/mol. The van der Waals surface area contributed by atoms with Crippen molar-refractivity contribution < 1.29 is 9.59 Å². The summed E-state index contributed by atoms with van der Waals surface area (Å²) in [5.41, 5.74) is 0.843. The van der Waals surface area contributed by atoms with Crippen LogP contribution in [0.3, 0.4) is 0 Å². The molecular formula is C17H22N2O2S. The van der Waals surface area contributed by atoms with Gasteiger partial charge in [0.05, 0.1) is 10.9 Å². The molecule has 4 nitrogen and oxygen atoms in total. The molecule has 0 bridgehead atoms. The number of amides is 2. The third-order valence-electron chi connectivity index (χ3n) is 4.54. The van der Waals surface area contributed by atoms with Crippen molar-refractivity contribution in [2.24, 2.45) is 5.92 Å². The topological polar surface area (TPSA) is 58.2 Å². The highest BCUT2D eigenvalue weighted by atomic mass is 32.2. The van der Waals surface area contributed by atoms with Crippen molar-refractivity contribution in [3.05, 3.63) is 24.3 Å². The van der Waals surface area contributed by atoms with E-state index in [0.717, 1.165) is 17.0 Å². The van der Waals surface area contributed by atoms with E-state index in [1.54, 1.807) is 0 Å². The predicted octanol–water partition coefficient (Wildman–Crippen LogP) is 3.18. The average Bonchev–Trinajstić information content (AvgIpc) is 2.50. The van der Waals surface area contributed by atoms with Gasteiger partial charge < -0.3 is 10.6 Å². The Kier molecular flexibility index (Phi) is 4.71. The summed E-state index contributed by atoms with van der Waals surface area (Å²) in [4.78, 5) is 25.4. The Morgan fingerprint density at radius 1 is 1.32 bits per heavy atom. The molecule has 0 unspecified atom stereocenters. The highest BCUT2D eigenvalue weighted by Gasteiger charge is 2.30. The smallest absolute Gasteiger partial charge is 0.238 e. The maximum Gasteiger partial charge on any atom is 0.238 e. The number of nitrogens with one attached hydrogen (secondary N) is 2. The minimum atomic E-state index is -0.339. The molecule has 3 rings (SSSR count). The second-order valence-corrected chi connectivity index (χ2v) is 7.48. The molecule has 1 saturated carbocycles. The minimum absolute atomic E-state index is 0.00854. The number of thioether (sulfide) groups is 1. The molecule has 1 aromatic carbocycles. The number of hydrogen-bond donors (Lipinski definition) is 2. The van der Waals surface area contributed by atoms with Crippen LogP contribution in [0.4, 0.5) is 5.69 Å². The van der Waals surface area contributed by atoms with E-state index in [0.29, 0.717) is 5.92 Å². The van der Waals surface area contributed by atoms with E-state index in [9.17, 15) is 9.59 Å². The first kappa shape index (κ1) is 15.4. The molecule has 3 atom stereocenters. The van der Waals surface area contributed by atoms with E-state index in [1.807, 2.05) is 24.3 Å². The van der Waals surface area contributed by atoms with E-state index < -0.39 is 0 Å². The summed E-state index contributed by atoms with van der Waals surface area (Å²) in [5.74, 6) is 0.451. The van der Waals surface area contributed by atoms with E-state index >= 15 is 0 Å². The summed E-state index contributed by atoms with van der Waals surface area (Å²) in [7, 11) is 0. The molecule has 1 aromatic rings. The van der Waals surface area contributed by atoms with E-state index in [2.05, 4.69) is 17.6 Å². The van der Waals surface area contributed by atoms with Crippen LogP contribution >= 0.6 is 11.8 Å². The van der Waals surface area contributed by atoms with Crippen molar-refractivity contribution in [1.29, 1.82) is 0 Å². The highest BCUT2D eigenvalue weighted by molar-refractivity contribution is 8.01. The zero-order valence-electron chi connectivity index (χ0n) is 12.8. The number of carbonyl (C=O) groups is 2. The van der Waals surface area contributed by atoms with Crippen molar-refractivity contribution in [1.82, 2.24) is 5.32 Å². The van der Waals surface area contributed by atoms with Gasteiger partial charge in [0.15, 0.2) is 0 Å². The Morgan fingerprint density at radius 3 is 2.91 bits per heavy atom. The second-order valence-electron chi connectivity index (χ2n) is 6.23. The molecule has 0 spiro atoms. The standard InChI is InChI=1S/C17H22N2O2S/c1-11-6-2-3-7-12(11)18-16(20)10-15-17(21)19-13-8-4-5-9-14(13)22-15/h4-5,8-9,11-12,15H,2-3,6-7,10H2,1H3,(H,18,20)(H,19,21)/t11-,12+,15-/m1/s1. The zero-order chi connectivity index (χ0) is 15.5. The van der Waals surface area contributed by atoms with E-state index in [1.165, 1.54) is 31.0 Å². The number of anilines is 1. The summed E-state index contributed by atoms with van der Waals surface area (Å²) < 4.78 is 0. The molecule has 1 fully saturated rings. The number of benzene rings is 1. The van der Waals surface area contributed by atoms with Crippen LogP contribution in [0.5, 0.6) is 0 Å². The van der Waals surface area contributed by atoms with Gasteiger partial charge in [-0.25, -0.2) is 0 Å². The molecule has 0 radical (unpaired) electrons. The fraction of sp³-hybridized carbons (Fsp3) is 0.529. The summed E-state index contributed by atoms with van der Waals surface area (Å²) in [6, 6.07) is 7.99. The minimum Gasteiger partial charge on any atom is -0.353 e. The van der Waals surface area contributed by atoms with Gasteiger partial charge in [-0.2, -0.15) is 0 Å². The Labute approximate surface area is 135 Å². The Morgan fingerprint density at radius 2 is 2.09 bits per heavy atom. The first-order chi connectivity index (χ1) is 10.6. The molecule has 1 heterocycles. The van der Waals surface area contributed by atoms with E-state index in [-0.39, 0.29) is 29.5 Å². The lowest BCUT2D eigenvalue weighted by molar-refractivity contribution is -0.125. The first-order valence-corrected chi connectivity index (χ1v) is 8.87. The van der Waals surface area contributed by atoms with E-state index in [4.69, 9.17) is 0 Å². The largest absolute Gasteiger partial charge is 0.353 e. The van der Waals surface area contributed by atoms with Gasteiger partial charge in [-0.05, 0) is 30.9 Å². The van der Waals surface area contributed by atoms with Crippen LogP contribution in [-0.2, 0) is 9.59 Å². The molecule has 1 aliphatic heterocycles. The number of para-hydroxylation sites is 1. The van der Waals surface area contributed by atoms with Gasteiger partial charge in [-0.1, -0.05) is 31.9 Å². The van der Waals surface area contributed by atoms with Crippen LogP contribution in [0.1, 0.15) is 39.0 Å². The molecule has 1 aliphatic carbocycles. The number of hydrogen-bond acceptors (Lipinski definition) is 3. The van der Waals surface area contributed by atoms with Crippen molar-refractivity contribution in [2.45, 2.75) is 55.2 Å². The lowest BCUT2D eigenvalue weighted by Gasteiger charge is -2.30. The molecule has 2 amide bonds. The highest BCUT2D eigenvalue weighted by Crippen LogP contribution is 2.36. The molecular weight excluding hydrogens is 296 g/mol. The van der Waals surface area contributed by atoms with Crippen LogP contribution in [0.15, 0.2) is 29.2 Å². The lowest BCUT2D eigenvalue weighted by atomic mass is 9.86. The summed E-state index contributed by atoms with van der Waals surface area (Å²) in [6.45, 7) is 2.20. The van der Waals surface area contributed by atoms with Gasteiger partial charge in [0.1, 0.15) is 0 Å². The number of carbonyl (C=O) groups excluding carboxylic acids is 2. The molecule has 2 N–H and O–H groups in total. The van der Waals surface area contributed by atoms with Crippen molar-refractivity contribution in [2.75, 3.05) is 5.32 Å². The number of fused-ring (bicyclic) bond motifs is 1. The predicted molar refractivity (Wildman–Crippen MR) is 88.9 cm³/mol. The third-order valence-corrected chi connectivity index (χ3v) is 5.81. The molecule has 2 aliphatic rings. The maximum atomic E-state index is 12.3. The second kappa shape index (κ2) is 6.73. The average molecular weight is 318 g/mol. The van der Waals surface area contributed by atoms with Gasteiger partial charge in [-0.3, -0.25) is 9.59 Å². The maximum absolute atomic E-state index is 12.3. The van der Waals surface area contributed by atoms with Gasteiger partial charge >= 0.3 is 0 Å². The molecule has 0 aromatic heterocycles.